The molecule has 0 aliphatic heterocycles. The molecule has 0 bridgehead atoms. The first-order chi connectivity index (χ1) is 6.44. The molecule has 3 nitrogen and oxygen atoms in total. The smallest absolute Gasteiger partial charge is 0.0718 e. The van der Waals surface area contributed by atoms with Gasteiger partial charge in [-0.15, -0.1) is 0 Å². The molecule has 1 saturated carbocycles. The predicted octanol–water partition coefficient (Wildman–Crippen LogP) is 0.993. The van der Waals surface area contributed by atoms with Crippen LogP contribution in [0.4, 0.5) is 0 Å². The van der Waals surface area contributed by atoms with Gasteiger partial charge in [-0.2, -0.15) is 0 Å². The molecule has 0 heterocycles. The van der Waals surface area contributed by atoms with Gasteiger partial charge in [-0.1, -0.05) is 6.92 Å². The Hall–Kier alpha value is -0.120. The Balaban J connectivity index is 2.53. The van der Waals surface area contributed by atoms with Crippen molar-refractivity contribution in [3.8, 4) is 0 Å². The fourth-order valence-corrected chi connectivity index (χ4v) is 2.31. The first kappa shape index (κ1) is 12.0. The number of hydrogen-bond donors (Lipinski definition) is 2. The van der Waals surface area contributed by atoms with Gasteiger partial charge in [0.25, 0.3) is 0 Å². The zero-order chi connectivity index (χ0) is 10.8. The number of likely N-dealkylation sites (N-methyl/N-ethyl adjacent to an activating group) is 1. The molecular formula is C11H23NO2. The van der Waals surface area contributed by atoms with E-state index < -0.39 is 5.60 Å². The van der Waals surface area contributed by atoms with Crippen LogP contribution in [-0.2, 0) is 0 Å². The topological polar surface area (TPSA) is 43.7 Å². The van der Waals surface area contributed by atoms with Crippen molar-refractivity contribution in [1.82, 2.24) is 4.90 Å². The molecule has 1 aliphatic carbocycles. The average molecular weight is 201 g/mol. The molecule has 2 N–H and O–H groups in total. The maximum absolute atomic E-state index is 9.76. The van der Waals surface area contributed by atoms with Crippen molar-refractivity contribution in [3.63, 3.8) is 0 Å². The highest BCUT2D eigenvalue weighted by atomic mass is 16.3. The molecule has 0 aromatic carbocycles. The van der Waals surface area contributed by atoms with Crippen LogP contribution in [0.2, 0.25) is 0 Å². The quantitative estimate of drug-likeness (QED) is 0.713. The number of aliphatic hydroxyl groups is 2. The molecule has 0 aromatic rings. The number of nitrogens with zero attached hydrogens (tertiary/aromatic N) is 1. The molecule has 1 rings (SSSR count). The van der Waals surface area contributed by atoms with Gasteiger partial charge in [-0.3, -0.25) is 4.90 Å². The zero-order valence-electron chi connectivity index (χ0n) is 9.53. The Morgan fingerprint density at radius 3 is 2.36 bits per heavy atom. The van der Waals surface area contributed by atoms with E-state index in [1.807, 2.05) is 13.8 Å². The molecule has 2 atom stereocenters. The van der Waals surface area contributed by atoms with Crippen LogP contribution in [0.3, 0.4) is 0 Å². The minimum Gasteiger partial charge on any atom is -0.391 e. The largest absolute Gasteiger partial charge is 0.391 e. The summed E-state index contributed by atoms with van der Waals surface area (Å²) in [7, 11) is 0. The van der Waals surface area contributed by atoms with E-state index in [0.29, 0.717) is 6.54 Å². The van der Waals surface area contributed by atoms with Gasteiger partial charge in [0.05, 0.1) is 11.7 Å². The van der Waals surface area contributed by atoms with E-state index in [1.54, 1.807) is 0 Å². The first-order valence-corrected chi connectivity index (χ1v) is 5.58. The summed E-state index contributed by atoms with van der Waals surface area (Å²) < 4.78 is 0. The lowest BCUT2D eigenvalue weighted by Gasteiger charge is -2.34. The Bertz CT molecular complexity index is 177. The van der Waals surface area contributed by atoms with Gasteiger partial charge in [-0.25, -0.2) is 0 Å². The Morgan fingerprint density at radius 1 is 1.36 bits per heavy atom. The minimum absolute atomic E-state index is 0.197. The van der Waals surface area contributed by atoms with Crippen molar-refractivity contribution >= 4 is 0 Å². The molecule has 1 aliphatic rings. The molecule has 0 aromatic heterocycles. The van der Waals surface area contributed by atoms with Crippen LogP contribution in [0.15, 0.2) is 0 Å². The van der Waals surface area contributed by atoms with E-state index in [9.17, 15) is 10.2 Å². The minimum atomic E-state index is -0.668. The third kappa shape index (κ3) is 3.23. The molecule has 0 amide bonds. The average Bonchev–Trinajstić information content (AvgIpc) is 2.45. The number of aliphatic hydroxyl groups excluding tert-OH is 1. The van der Waals surface area contributed by atoms with Crippen LogP contribution < -0.4 is 0 Å². The standard InChI is InChI=1S/C11H23NO2/c1-4-12(8-11(2,3)14)9-6-5-7-10(9)13/h9-10,13-14H,4-8H2,1-3H3/t9-,10-/m0/s1. The monoisotopic (exact) mass is 201 g/mol. The van der Waals surface area contributed by atoms with E-state index in [4.69, 9.17) is 0 Å². The van der Waals surface area contributed by atoms with E-state index >= 15 is 0 Å². The molecule has 0 unspecified atom stereocenters. The summed E-state index contributed by atoms with van der Waals surface area (Å²) in [4.78, 5) is 2.19. The molecule has 0 spiro atoms. The van der Waals surface area contributed by atoms with Gasteiger partial charge in [0, 0.05) is 12.6 Å². The van der Waals surface area contributed by atoms with Crippen LogP contribution >= 0.6 is 0 Å². The molecular weight excluding hydrogens is 178 g/mol. The summed E-state index contributed by atoms with van der Waals surface area (Å²) in [5.74, 6) is 0. The van der Waals surface area contributed by atoms with Crippen molar-refractivity contribution in [3.05, 3.63) is 0 Å². The predicted molar refractivity (Wildman–Crippen MR) is 57.2 cm³/mol. The van der Waals surface area contributed by atoms with Gasteiger partial charge in [0.2, 0.25) is 0 Å². The van der Waals surface area contributed by atoms with Gasteiger partial charge in [-0.05, 0) is 39.7 Å². The Labute approximate surface area is 86.7 Å². The maximum atomic E-state index is 9.76. The van der Waals surface area contributed by atoms with Crippen LogP contribution in [0, 0.1) is 0 Å². The Kier molecular flexibility index (Phi) is 3.93. The van der Waals surface area contributed by atoms with Crippen molar-refractivity contribution in [2.75, 3.05) is 13.1 Å². The molecule has 3 heteroatoms. The third-order valence-corrected chi connectivity index (χ3v) is 2.91. The summed E-state index contributed by atoms with van der Waals surface area (Å²) in [6.07, 6.45) is 2.88. The summed E-state index contributed by atoms with van der Waals surface area (Å²) in [5, 5.41) is 19.5. The fourth-order valence-electron chi connectivity index (χ4n) is 2.31. The maximum Gasteiger partial charge on any atom is 0.0718 e. The van der Waals surface area contributed by atoms with Crippen LogP contribution in [-0.4, -0.2) is 45.9 Å². The van der Waals surface area contributed by atoms with E-state index in [-0.39, 0.29) is 12.1 Å². The normalized spacial score (nSPS) is 28.7. The highest BCUT2D eigenvalue weighted by Gasteiger charge is 2.32. The van der Waals surface area contributed by atoms with Gasteiger partial charge >= 0.3 is 0 Å². The lowest BCUT2D eigenvalue weighted by atomic mass is 10.1. The van der Waals surface area contributed by atoms with Gasteiger partial charge in [0.1, 0.15) is 0 Å². The summed E-state index contributed by atoms with van der Waals surface area (Å²) >= 11 is 0. The molecule has 1 fully saturated rings. The molecule has 14 heavy (non-hydrogen) atoms. The highest BCUT2D eigenvalue weighted by Crippen LogP contribution is 2.25. The lowest BCUT2D eigenvalue weighted by molar-refractivity contribution is -0.00140. The molecule has 0 saturated heterocycles. The molecule has 84 valence electrons. The zero-order valence-corrected chi connectivity index (χ0v) is 9.53. The van der Waals surface area contributed by atoms with Crippen molar-refractivity contribution in [2.24, 2.45) is 0 Å². The second-order valence-corrected chi connectivity index (χ2v) is 4.94. The number of hydrogen-bond acceptors (Lipinski definition) is 3. The summed E-state index contributed by atoms with van der Waals surface area (Å²) in [6, 6.07) is 0.256. The second kappa shape index (κ2) is 4.60. The van der Waals surface area contributed by atoms with Gasteiger partial charge in [0.15, 0.2) is 0 Å². The molecule has 0 radical (unpaired) electrons. The SMILES string of the molecule is CCN(CC(C)(C)O)[C@H]1CCC[C@@H]1O. The van der Waals surface area contributed by atoms with Crippen molar-refractivity contribution in [2.45, 2.75) is 57.8 Å². The summed E-state index contributed by atoms with van der Waals surface area (Å²) in [6.45, 7) is 7.25. The highest BCUT2D eigenvalue weighted by molar-refractivity contribution is 4.87. The fraction of sp³-hybridized carbons (Fsp3) is 1.00. The van der Waals surface area contributed by atoms with Crippen molar-refractivity contribution < 1.29 is 10.2 Å². The van der Waals surface area contributed by atoms with E-state index in [2.05, 4.69) is 11.8 Å². The van der Waals surface area contributed by atoms with E-state index in [1.165, 1.54) is 0 Å². The third-order valence-electron chi connectivity index (χ3n) is 2.91. The van der Waals surface area contributed by atoms with Crippen LogP contribution in [0.5, 0.6) is 0 Å². The Morgan fingerprint density at radius 2 is 2.00 bits per heavy atom. The van der Waals surface area contributed by atoms with Crippen LogP contribution in [0.25, 0.3) is 0 Å². The number of rotatable bonds is 4. The van der Waals surface area contributed by atoms with Crippen molar-refractivity contribution in [1.29, 1.82) is 0 Å². The second-order valence-electron chi connectivity index (χ2n) is 4.94. The van der Waals surface area contributed by atoms with Crippen LogP contribution in [0.1, 0.15) is 40.0 Å². The summed E-state index contributed by atoms with van der Waals surface area (Å²) in [5.41, 5.74) is -0.668. The van der Waals surface area contributed by atoms with Gasteiger partial charge < -0.3 is 10.2 Å². The first-order valence-electron chi connectivity index (χ1n) is 5.58. The van der Waals surface area contributed by atoms with E-state index in [0.717, 1.165) is 25.8 Å². The lowest BCUT2D eigenvalue weighted by Crippen LogP contribution is -2.47.